The van der Waals surface area contributed by atoms with E-state index in [2.05, 4.69) is 24.1 Å². The molecule has 1 atom stereocenters. The maximum atomic E-state index is 5.84. The number of rotatable bonds is 1. The Balaban J connectivity index is 2.13. The molecule has 1 nitrogen and oxygen atoms in total. The first-order chi connectivity index (χ1) is 6.25. The second-order valence-electron chi connectivity index (χ2n) is 3.80. The van der Waals surface area contributed by atoms with Gasteiger partial charge < -0.3 is 4.90 Å². The number of likely N-dealkylation sites (N-methyl/N-ethyl adjacent to an activating group) is 1. The van der Waals surface area contributed by atoms with Crippen molar-refractivity contribution in [3.63, 3.8) is 0 Å². The molecule has 1 fully saturated rings. The Labute approximate surface area is 84.3 Å². The van der Waals surface area contributed by atoms with Crippen molar-refractivity contribution in [1.29, 1.82) is 0 Å². The summed E-state index contributed by atoms with van der Waals surface area (Å²) in [7, 11) is 2.18. The lowest BCUT2D eigenvalue weighted by Gasteiger charge is -2.10. The van der Waals surface area contributed by atoms with E-state index in [1.807, 2.05) is 12.1 Å². The predicted molar refractivity (Wildman–Crippen MR) is 56.3 cm³/mol. The van der Waals surface area contributed by atoms with Gasteiger partial charge in [0.2, 0.25) is 0 Å². The zero-order valence-electron chi connectivity index (χ0n) is 7.83. The minimum atomic E-state index is 0.710. The number of halogens is 1. The van der Waals surface area contributed by atoms with Crippen LogP contribution in [-0.4, -0.2) is 25.0 Å². The molecular formula is C11H14ClN. The predicted octanol–water partition coefficient (Wildman–Crippen LogP) is 2.76. The van der Waals surface area contributed by atoms with Gasteiger partial charge in [-0.3, -0.25) is 0 Å². The topological polar surface area (TPSA) is 3.24 Å². The molecule has 1 aromatic rings. The van der Waals surface area contributed by atoms with Crippen LogP contribution in [0.5, 0.6) is 0 Å². The Morgan fingerprint density at radius 1 is 1.31 bits per heavy atom. The summed E-state index contributed by atoms with van der Waals surface area (Å²) in [5.41, 5.74) is 1.42. The van der Waals surface area contributed by atoms with Gasteiger partial charge in [-0.2, -0.15) is 0 Å². The molecule has 2 rings (SSSR count). The highest BCUT2D eigenvalue weighted by Gasteiger charge is 2.20. The van der Waals surface area contributed by atoms with Crippen molar-refractivity contribution >= 4 is 11.6 Å². The summed E-state index contributed by atoms with van der Waals surface area (Å²) in [4.78, 5) is 2.37. The average Bonchev–Trinajstić information content (AvgIpc) is 2.53. The van der Waals surface area contributed by atoms with Crippen molar-refractivity contribution in [3.8, 4) is 0 Å². The van der Waals surface area contributed by atoms with Crippen molar-refractivity contribution in [2.45, 2.75) is 12.3 Å². The van der Waals surface area contributed by atoms with Gasteiger partial charge in [-0.15, -0.1) is 0 Å². The van der Waals surface area contributed by atoms with Crippen LogP contribution in [-0.2, 0) is 0 Å². The Bertz CT molecular complexity index is 281. The van der Waals surface area contributed by atoms with Gasteiger partial charge in [-0.25, -0.2) is 0 Å². The van der Waals surface area contributed by atoms with Crippen LogP contribution in [0.3, 0.4) is 0 Å². The molecule has 0 unspecified atom stereocenters. The van der Waals surface area contributed by atoms with Gasteiger partial charge in [0.05, 0.1) is 0 Å². The first-order valence-corrected chi connectivity index (χ1v) is 5.07. The molecule has 1 heterocycles. The molecule has 1 aliphatic rings. The van der Waals surface area contributed by atoms with Crippen molar-refractivity contribution in [1.82, 2.24) is 4.90 Å². The van der Waals surface area contributed by atoms with E-state index in [0.29, 0.717) is 5.92 Å². The van der Waals surface area contributed by atoms with Gasteiger partial charge in [-0.1, -0.05) is 23.7 Å². The quantitative estimate of drug-likeness (QED) is 0.666. The summed E-state index contributed by atoms with van der Waals surface area (Å²) < 4.78 is 0. The molecule has 0 N–H and O–H groups in total. The third-order valence-electron chi connectivity index (χ3n) is 2.73. The fraction of sp³-hybridized carbons (Fsp3) is 0.455. The smallest absolute Gasteiger partial charge is 0.0406 e. The molecule has 70 valence electrons. The largest absolute Gasteiger partial charge is 0.306 e. The van der Waals surface area contributed by atoms with Crippen molar-refractivity contribution in [2.75, 3.05) is 20.1 Å². The van der Waals surface area contributed by atoms with Crippen LogP contribution in [0, 0.1) is 0 Å². The summed E-state index contributed by atoms with van der Waals surface area (Å²) >= 11 is 5.84. The van der Waals surface area contributed by atoms with Gasteiger partial charge in [0.15, 0.2) is 0 Å². The van der Waals surface area contributed by atoms with Crippen molar-refractivity contribution in [2.24, 2.45) is 0 Å². The van der Waals surface area contributed by atoms with Crippen LogP contribution in [0.25, 0.3) is 0 Å². The van der Waals surface area contributed by atoms with E-state index >= 15 is 0 Å². The highest BCUT2D eigenvalue weighted by molar-refractivity contribution is 6.30. The average molecular weight is 196 g/mol. The Morgan fingerprint density at radius 2 is 2.00 bits per heavy atom. The molecule has 0 amide bonds. The Kier molecular flexibility index (Phi) is 2.56. The third-order valence-corrected chi connectivity index (χ3v) is 2.98. The summed E-state index contributed by atoms with van der Waals surface area (Å²) in [6.45, 7) is 2.40. The maximum absolute atomic E-state index is 5.84. The Hall–Kier alpha value is -0.530. The first kappa shape index (κ1) is 9.04. The molecular weight excluding hydrogens is 182 g/mol. The van der Waals surface area contributed by atoms with Crippen LogP contribution in [0.4, 0.5) is 0 Å². The molecule has 0 bridgehead atoms. The molecule has 0 aliphatic carbocycles. The second-order valence-corrected chi connectivity index (χ2v) is 4.24. The first-order valence-electron chi connectivity index (χ1n) is 4.70. The van der Waals surface area contributed by atoms with Gasteiger partial charge in [-0.05, 0) is 43.6 Å². The third kappa shape index (κ3) is 2.04. The molecule has 0 radical (unpaired) electrons. The molecule has 1 saturated heterocycles. The van der Waals surface area contributed by atoms with Crippen LogP contribution in [0.1, 0.15) is 17.9 Å². The number of likely N-dealkylation sites (tertiary alicyclic amines) is 1. The molecule has 2 heteroatoms. The molecule has 13 heavy (non-hydrogen) atoms. The molecule has 0 spiro atoms. The monoisotopic (exact) mass is 195 g/mol. The van der Waals surface area contributed by atoms with Gasteiger partial charge in [0.1, 0.15) is 0 Å². The second kappa shape index (κ2) is 3.69. The molecule has 1 aliphatic heterocycles. The van der Waals surface area contributed by atoms with E-state index in [1.165, 1.54) is 25.1 Å². The normalized spacial score (nSPS) is 23.7. The highest BCUT2D eigenvalue weighted by atomic mass is 35.5. The fourth-order valence-corrected chi connectivity index (χ4v) is 2.07. The van der Waals surface area contributed by atoms with Crippen molar-refractivity contribution < 1.29 is 0 Å². The molecule has 0 aromatic heterocycles. The zero-order valence-corrected chi connectivity index (χ0v) is 8.59. The summed E-state index contributed by atoms with van der Waals surface area (Å²) in [6, 6.07) is 8.25. The van der Waals surface area contributed by atoms with Crippen LogP contribution in [0.2, 0.25) is 5.02 Å². The fourth-order valence-electron chi connectivity index (χ4n) is 1.94. The lowest BCUT2D eigenvalue weighted by atomic mass is 9.99. The van der Waals surface area contributed by atoms with Gasteiger partial charge >= 0.3 is 0 Å². The SMILES string of the molecule is CN1CC[C@H](c2ccc(Cl)cc2)C1. The van der Waals surface area contributed by atoms with E-state index in [4.69, 9.17) is 11.6 Å². The van der Waals surface area contributed by atoms with E-state index in [9.17, 15) is 0 Å². The summed E-state index contributed by atoms with van der Waals surface area (Å²) in [5, 5.41) is 0.829. The Morgan fingerprint density at radius 3 is 2.54 bits per heavy atom. The molecule has 0 saturated carbocycles. The summed E-state index contributed by atoms with van der Waals surface area (Å²) in [6.07, 6.45) is 1.28. The highest BCUT2D eigenvalue weighted by Crippen LogP contribution is 2.26. The standard InChI is InChI=1S/C11H14ClN/c1-13-7-6-10(8-13)9-2-4-11(12)5-3-9/h2-5,10H,6-8H2,1H3/t10-/m0/s1. The molecule has 1 aromatic carbocycles. The van der Waals surface area contributed by atoms with Gasteiger partial charge in [0, 0.05) is 11.6 Å². The lowest BCUT2D eigenvalue weighted by Crippen LogP contribution is -2.13. The van der Waals surface area contributed by atoms with E-state index in [-0.39, 0.29) is 0 Å². The van der Waals surface area contributed by atoms with E-state index in [0.717, 1.165) is 5.02 Å². The zero-order chi connectivity index (χ0) is 9.26. The summed E-state index contributed by atoms with van der Waals surface area (Å²) in [5.74, 6) is 0.710. The van der Waals surface area contributed by atoms with Crippen LogP contribution in [0.15, 0.2) is 24.3 Å². The minimum absolute atomic E-state index is 0.710. The number of benzene rings is 1. The van der Waals surface area contributed by atoms with E-state index in [1.54, 1.807) is 0 Å². The van der Waals surface area contributed by atoms with Crippen LogP contribution < -0.4 is 0 Å². The minimum Gasteiger partial charge on any atom is -0.306 e. The maximum Gasteiger partial charge on any atom is 0.0406 e. The van der Waals surface area contributed by atoms with Crippen molar-refractivity contribution in [3.05, 3.63) is 34.9 Å². The van der Waals surface area contributed by atoms with Crippen LogP contribution >= 0.6 is 11.6 Å². The number of hydrogen-bond donors (Lipinski definition) is 0. The number of nitrogens with zero attached hydrogens (tertiary/aromatic N) is 1. The number of hydrogen-bond acceptors (Lipinski definition) is 1. The lowest BCUT2D eigenvalue weighted by molar-refractivity contribution is 0.411. The van der Waals surface area contributed by atoms with Gasteiger partial charge in [0.25, 0.3) is 0 Å². The van der Waals surface area contributed by atoms with E-state index < -0.39 is 0 Å².